The quantitative estimate of drug-likeness (QED) is 0.901. The Balaban J connectivity index is 2.68. The largest absolute Gasteiger partial charge is 0.478 e. The molecule has 2 rings (SSSR count). The van der Waals surface area contributed by atoms with Gasteiger partial charge in [0.05, 0.1) is 16.1 Å². The minimum Gasteiger partial charge on any atom is -0.478 e. The second-order valence-corrected chi connectivity index (χ2v) is 4.65. The lowest BCUT2D eigenvalue weighted by atomic mass is 9.98. The van der Waals surface area contributed by atoms with Gasteiger partial charge in [0.25, 0.3) is 0 Å². The van der Waals surface area contributed by atoms with Crippen molar-refractivity contribution in [1.29, 1.82) is 5.26 Å². The lowest BCUT2D eigenvalue weighted by molar-refractivity contribution is 0.0698. The number of rotatable bonds is 2. The number of hydrogen-bond acceptors (Lipinski definition) is 2. The highest BCUT2D eigenvalue weighted by Gasteiger charge is 2.13. The van der Waals surface area contributed by atoms with E-state index in [-0.39, 0.29) is 11.1 Å². The van der Waals surface area contributed by atoms with Crippen LogP contribution < -0.4 is 0 Å². The van der Waals surface area contributed by atoms with Gasteiger partial charge in [0.15, 0.2) is 0 Å². The van der Waals surface area contributed by atoms with Crippen molar-refractivity contribution in [1.82, 2.24) is 0 Å². The average molecular weight is 292 g/mol. The number of carboxylic acids is 1. The number of carboxylic acid groups (broad SMARTS) is 1. The average Bonchev–Trinajstić information content (AvgIpc) is 2.38. The van der Waals surface area contributed by atoms with Crippen LogP contribution in [0.3, 0.4) is 0 Å². The summed E-state index contributed by atoms with van der Waals surface area (Å²) in [4.78, 5) is 11.2. The van der Waals surface area contributed by atoms with E-state index >= 15 is 0 Å². The molecule has 0 radical (unpaired) electrons. The van der Waals surface area contributed by atoms with Crippen LogP contribution in [-0.2, 0) is 0 Å². The van der Waals surface area contributed by atoms with E-state index in [1.807, 2.05) is 6.07 Å². The Labute approximate surface area is 119 Å². The number of benzene rings is 2. The van der Waals surface area contributed by atoms with Gasteiger partial charge in [-0.3, -0.25) is 0 Å². The molecule has 0 saturated heterocycles. The van der Waals surface area contributed by atoms with Crippen LogP contribution in [0.1, 0.15) is 15.9 Å². The zero-order valence-electron chi connectivity index (χ0n) is 9.52. The molecule has 0 aliphatic rings. The monoisotopic (exact) mass is 291 g/mol. The van der Waals surface area contributed by atoms with Crippen molar-refractivity contribution in [2.75, 3.05) is 0 Å². The Morgan fingerprint density at radius 2 is 1.89 bits per heavy atom. The third-order valence-corrected chi connectivity index (χ3v) is 3.17. The molecule has 2 aromatic rings. The molecule has 2 aromatic carbocycles. The molecule has 0 heterocycles. The summed E-state index contributed by atoms with van der Waals surface area (Å²) in [5, 5.41) is 18.9. The maximum atomic E-state index is 11.2. The summed E-state index contributed by atoms with van der Waals surface area (Å²) in [7, 11) is 0. The molecule has 94 valence electrons. The highest BCUT2D eigenvalue weighted by molar-refractivity contribution is 6.32. The van der Waals surface area contributed by atoms with Crippen LogP contribution in [0.15, 0.2) is 36.4 Å². The predicted molar refractivity (Wildman–Crippen MR) is 73.6 cm³/mol. The van der Waals surface area contributed by atoms with Crippen molar-refractivity contribution in [3.8, 4) is 17.2 Å². The summed E-state index contributed by atoms with van der Waals surface area (Å²) in [6.07, 6.45) is 0. The molecule has 0 saturated carbocycles. The highest BCUT2D eigenvalue weighted by Crippen LogP contribution is 2.29. The summed E-state index contributed by atoms with van der Waals surface area (Å²) in [5.41, 5.74) is 1.44. The fourth-order valence-electron chi connectivity index (χ4n) is 1.72. The third kappa shape index (κ3) is 2.70. The summed E-state index contributed by atoms with van der Waals surface area (Å²) in [5.74, 6) is -1.06. The second-order valence-electron chi connectivity index (χ2n) is 3.80. The summed E-state index contributed by atoms with van der Waals surface area (Å²) < 4.78 is 0. The molecule has 0 bridgehead atoms. The molecule has 0 aliphatic heterocycles. The van der Waals surface area contributed by atoms with Gasteiger partial charge in [-0.2, -0.15) is 5.26 Å². The van der Waals surface area contributed by atoms with Gasteiger partial charge >= 0.3 is 5.97 Å². The Morgan fingerprint density at radius 1 is 1.16 bits per heavy atom. The fourth-order valence-corrected chi connectivity index (χ4v) is 2.05. The number of nitrogens with zero attached hydrogens (tertiary/aromatic N) is 1. The second kappa shape index (κ2) is 5.31. The van der Waals surface area contributed by atoms with Gasteiger partial charge in [-0.15, -0.1) is 0 Å². The van der Waals surface area contributed by atoms with Crippen LogP contribution in [0.5, 0.6) is 0 Å². The zero-order chi connectivity index (χ0) is 14.0. The summed E-state index contributed by atoms with van der Waals surface area (Å²) >= 11 is 11.7. The molecule has 0 aliphatic carbocycles. The molecule has 0 amide bonds. The molecule has 0 atom stereocenters. The van der Waals surface area contributed by atoms with Crippen LogP contribution in [0.25, 0.3) is 11.1 Å². The molecule has 19 heavy (non-hydrogen) atoms. The Kier molecular flexibility index (Phi) is 3.75. The van der Waals surface area contributed by atoms with Crippen LogP contribution in [0.2, 0.25) is 10.0 Å². The van der Waals surface area contributed by atoms with Crippen molar-refractivity contribution < 1.29 is 9.90 Å². The predicted octanol–water partition coefficient (Wildman–Crippen LogP) is 4.23. The van der Waals surface area contributed by atoms with Crippen molar-refractivity contribution in [3.63, 3.8) is 0 Å². The smallest absolute Gasteiger partial charge is 0.336 e. The van der Waals surface area contributed by atoms with E-state index in [0.29, 0.717) is 21.2 Å². The topological polar surface area (TPSA) is 61.1 Å². The van der Waals surface area contributed by atoms with Crippen molar-refractivity contribution in [3.05, 3.63) is 57.6 Å². The standard InChI is InChI=1S/C14H7Cl2NO2/c15-10-2-3-11(14(18)19)12(6-10)8-1-4-13(16)9(5-8)7-17/h1-6H,(H,18,19). The van der Waals surface area contributed by atoms with Gasteiger partial charge in [0.1, 0.15) is 6.07 Å². The molecular formula is C14H7Cl2NO2. The summed E-state index contributed by atoms with van der Waals surface area (Å²) in [6, 6.07) is 11.2. The third-order valence-electron chi connectivity index (χ3n) is 2.61. The number of hydrogen-bond donors (Lipinski definition) is 1. The van der Waals surface area contributed by atoms with E-state index in [4.69, 9.17) is 33.6 Å². The molecule has 0 unspecified atom stereocenters. The van der Waals surface area contributed by atoms with E-state index in [9.17, 15) is 4.79 Å². The minimum absolute atomic E-state index is 0.121. The Morgan fingerprint density at radius 3 is 2.53 bits per heavy atom. The maximum Gasteiger partial charge on any atom is 0.336 e. The first-order chi connectivity index (χ1) is 9.02. The number of halogens is 2. The van der Waals surface area contributed by atoms with Crippen LogP contribution in [0.4, 0.5) is 0 Å². The van der Waals surface area contributed by atoms with Gasteiger partial charge in [0.2, 0.25) is 0 Å². The van der Waals surface area contributed by atoms with Gasteiger partial charge in [0, 0.05) is 5.02 Å². The van der Waals surface area contributed by atoms with E-state index in [1.54, 1.807) is 24.3 Å². The van der Waals surface area contributed by atoms with E-state index in [0.717, 1.165) is 0 Å². The molecule has 1 N–H and O–H groups in total. The molecule has 0 fully saturated rings. The first-order valence-corrected chi connectivity index (χ1v) is 6.01. The normalized spacial score (nSPS) is 9.95. The lowest BCUT2D eigenvalue weighted by Crippen LogP contribution is -1.99. The Hall–Kier alpha value is -2.02. The minimum atomic E-state index is -1.06. The van der Waals surface area contributed by atoms with Gasteiger partial charge in [-0.1, -0.05) is 29.3 Å². The van der Waals surface area contributed by atoms with E-state index in [1.165, 1.54) is 12.1 Å². The summed E-state index contributed by atoms with van der Waals surface area (Å²) in [6.45, 7) is 0. The first kappa shape index (κ1) is 13.4. The van der Waals surface area contributed by atoms with E-state index < -0.39 is 5.97 Å². The van der Waals surface area contributed by atoms with E-state index in [2.05, 4.69) is 0 Å². The van der Waals surface area contributed by atoms with Crippen LogP contribution in [0, 0.1) is 11.3 Å². The fraction of sp³-hybridized carbons (Fsp3) is 0. The van der Waals surface area contributed by atoms with Crippen LogP contribution in [-0.4, -0.2) is 11.1 Å². The zero-order valence-corrected chi connectivity index (χ0v) is 11.0. The van der Waals surface area contributed by atoms with Crippen LogP contribution >= 0.6 is 23.2 Å². The molecular weight excluding hydrogens is 285 g/mol. The molecule has 0 aromatic heterocycles. The molecule has 3 nitrogen and oxygen atoms in total. The van der Waals surface area contributed by atoms with Gasteiger partial charge < -0.3 is 5.11 Å². The van der Waals surface area contributed by atoms with Crippen molar-refractivity contribution >= 4 is 29.2 Å². The maximum absolute atomic E-state index is 11.2. The highest BCUT2D eigenvalue weighted by atomic mass is 35.5. The lowest BCUT2D eigenvalue weighted by Gasteiger charge is -2.08. The Bertz CT molecular complexity index is 705. The molecule has 5 heteroatoms. The number of aromatic carboxylic acids is 1. The first-order valence-electron chi connectivity index (χ1n) is 5.26. The van der Waals surface area contributed by atoms with Gasteiger partial charge in [-0.05, 0) is 41.5 Å². The SMILES string of the molecule is N#Cc1cc(-c2cc(Cl)ccc2C(=O)O)ccc1Cl. The van der Waals surface area contributed by atoms with Crippen molar-refractivity contribution in [2.45, 2.75) is 0 Å². The number of nitriles is 1. The van der Waals surface area contributed by atoms with Crippen molar-refractivity contribution in [2.24, 2.45) is 0 Å². The van der Waals surface area contributed by atoms with Gasteiger partial charge in [-0.25, -0.2) is 4.79 Å². The molecule has 0 spiro atoms. The number of carbonyl (C=O) groups is 1.